The topological polar surface area (TPSA) is 52.1 Å². The number of nitrogens with zero attached hydrogens (tertiary/aromatic N) is 2. The molecule has 0 spiro atoms. The van der Waals surface area contributed by atoms with E-state index in [0.717, 1.165) is 82.4 Å². The van der Waals surface area contributed by atoms with Crippen molar-refractivity contribution in [2.45, 2.75) is 0 Å². The van der Waals surface area contributed by atoms with Crippen molar-refractivity contribution >= 4 is 65.6 Å². The Morgan fingerprint density at radius 1 is 0.425 bits per heavy atom. The van der Waals surface area contributed by atoms with Gasteiger partial charge in [-0.3, -0.25) is 0 Å². The first-order chi connectivity index (χ1) is 19.8. The summed E-state index contributed by atoms with van der Waals surface area (Å²) >= 11 is 0. The summed E-state index contributed by atoms with van der Waals surface area (Å²) in [4.78, 5) is 10.1. The van der Waals surface area contributed by atoms with Crippen LogP contribution in [0.2, 0.25) is 0 Å². The van der Waals surface area contributed by atoms with Crippen LogP contribution in [0.4, 0.5) is 0 Å². The quantitative estimate of drug-likeness (QED) is 0.231. The minimum Gasteiger partial charge on any atom is -0.456 e. The third kappa shape index (κ3) is 3.07. The third-order valence-electron chi connectivity index (χ3n) is 7.87. The number of rotatable bonds is 2. The van der Waals surface area contributed by atoms with E-state index < -0.39 is 0 Å². The molecule has 0 fully saturated rings. The lowest BCUT2D eigenvalue weighted by Gasteiger charge is -2.10. The van der Waals surface area contributed by atoms with Crippen molar-refractivity contribution in [3.63, 3.8) is 0 Å². The minimum absolute atomic E-state index is 0.685. The Morgan fingerprint density at radius 3 is 1.95 bits per heavy atom. The highest BCUT2D eigenvalue weighted by Gasteiger charge is 2.15. The summed E-state index contributed by atoms with van der Waals surface area (Å²) in [6.45, 7) is 0. The lowest BCUT2D eigenvalue weighted by Crippen LogP contribution is -1.95. The van der Waals surface area contributed by atoms with Gasteiger partial charge in [-0.2, -0.15) is 0 Å². The molecule has 0 aliphatic carbocycles. The molecule has 0 saturated heterocycles. The fourth-order valence-corrected chi connectivity index (χ4v) is 5.95. The van der Waals surface area contributed by atoms with Gasteiger partial charge in [0.15, 0.2) is 5.82 Å². The number of hydrogen-bond donors (Lipinski definition) is 0. The number of fused-ring (bicyclic) bond motifs is 9. The van der Waals surface area contributed by atoms with E-state index in [9.17, 15) is 0 Å². The minimum atomic E-state index is 0.685. The molecule has 4 heteroatoms. The van der Waals surface area contributed by atoms with E-state index in [-0.39, 0.29) is 0 Å². The van der Waals surface area contributed by atoms with Crippen molar-refractivity contribution in [2.75, 3.05) is 0 Å². The summed E-state index contributed by atoms with van der Waals surface area (Å²) in [6.07, 6.45) is 0. The van der Waals surface area contributed by atoms with Gasteiger partial charge in [0.2, 0.25) is 0 Å². The molecular weight excluding hydrogens is 492 g/mol. The molecule has 9 rings (SSSR count). The maximum Gasteiger partial charge on any atom is 0.160 e. The van der Waals surface area contributed by atoms with Crippen LogP contribution in [0.5, 0.6) is 0 Å². The fourth-order valence-electron chi connectivity index (χ4n) is 5.95. The first-order valence-electron chi connectivity index (χ1n) is 13.3. The number of hydrogen-bond acceptors (Lipinski definition) is 4. The van der Waals surface area contributed by atoms with Crippen LogP contribution >= 0.6 is 0 Å². The zero-order valence-electron chi connectivity index (χ0n) is 21.3. The Morgan fingerprint density at radius 2 is 1.07 bits per heavy atom. The van der Waals surface area contributed by atoms with Crippen molar-refractivity contribution in [3.8, 4) is 22.6 Å². The summed E-state index contributed by atoms with van der Waals surface area (Å²) in [7, 11) is 0. The lowest BCUT2D eigenvalue weighted by molar-refractivity contribution is 0.669. The average molecular weight is 513 g/mol. The van der Waals surface area contributed by atoms with Crippen molar-refractivity contribution < 1.29 is 8.83 Å². The highest BCUT2D eigenvalue weighted by atomic mass is 16.3. The van der Waals surface area contributed by atoms with Gasteiger partial charge in [-0.25, -0.2) is 9.97 Å². The zero-order valence-corrected chi connectivity index (χ0v) is 21.3. The Labute approximate surface area is 228 Å². The number of furan rings is 2. The number of para-hydroxylation sites is 3. The van der Waals surface area contributed by atoms with Gasteiger partial charge < -0.3 is 8.83 Å². The van der Waals surface area contributed by atoms with E-state index >= 15 is 0 Å². The second-order valence-electron chi connectivity index (χ2n) is 10.2. The molecule has 0 bridgehead atoms. The molecule has 186 valence electrons. The van der Waals surface area contributed by atoms with Gasteiger partial charge >= 0.3 is 0 Å². The summed E-state index contributed by atoms with van der Waals surface area (Å²) in [5.74, 6) is 0.685. The number of benzene rings is 6. The molecule has 40 heavy (non-hydrogen) atoms. The van der Waals surface area contributed by atoms with Crippen molar-refractivity contribution in [1.29, 1.82) is 0 Å². The van der Waals surface area contributed by atoms with E-state index in [1.54, 1.807) is 0 Å². The van der Waals surface area contributed by atoms with Crippen LogP contribution in [-0.4, -0.2) is 9.97 Å². The molecule has 0 saturated carbocycles. The summed E-state index contributed by atoms with van der Waals surface area (Å²) < 4.78 is 12.5. The maximum atomic E-state index is 6.26. The monoisotopic (exact) mass is 512 g/mol. The Kier molecular flexibility index (Phi) is 4.30. The van der Waals surface area contributed by atoms with Gasteiger partial charge in [0.05, 0.1) is 11.2 Å². The van der Waals surface area contributed by atoms with Crippen molar-refractivity contribution in [1.82, 2.24) is 9.97 Å². The van der Waals surface area contributed by atoms with Crippen LogP contribution in [0.3, 0.4) is 0 Å². The van der Waals surface area contributed by atoms with Crippen LogP contribution in [0.15, 0.2) is 130 Å². The van der Waals surface area contributed by atoms with Crippen LogP contribution in [-0.2, 0) is 0 Å². The van der Waals surface area contributed by atoms with E-state index in [0.29, 0.717) is 5.82 Å². The third-order valence-corrected chi connectivity index (χ3v) is 7.87. The molecule has 0 N–H and O–H groups in total. The van der Waals surface area contributed by atoms with Crippen LogP contribution < -0.4 is 0 Å². The van der Waals surface area contributed by atoms with Crippen LogP contribution in [0.25, 0.3) is 88.2 Å². The van der Waals surface area contributed by atoms with Gasteiger partial charge in [0, 0.05) is 43.4 Å². The average Bonchev–Trinajstić information content (AvgIpc) is 3.58. The summed E-state index contributed by atoms with van der Waals surface area (Å²) in [5.41, 5.74) is 7.29. The molecule has 0 unspecified atom stereocenters. The molecule has 3 heterocycles. The van der Waals surface area contributed by atoms with Crippen molar-refractivity contribution in [2.24, 2.45) is 0 Å². The molecule has 0 radical (unpaired) electrons. The molecule has 6 aromatic carbocycles. The van der Waals surface area contributed by atoms with E-state index in [4.69, 9.17) is 18.8 Å². The molecule has 0 amide bonds. The van der Waals surface area contributed by atoms with Gasteiger partial charge in [-0.15, -0.1) is 0 Å². The van der Waals surface area contributed by atoms with E-state index in [1.807, 2.05) is 54.6 Å². The first kappa shape index (κ1) is 21.5. The first-order valence-corrected chi connectivity index (χ1v) is 13.3. The fraction of sp³-hybridized carbons (Fsp3) is 0. The second kappa shape index (κ2) is 8.01. The van der Waals surface area contributed by atoms with Crippen LogP contribution in [0, 0.1) is 0 Å². The predicted octanol–water partition coefficient (Wildman–Crippen LogP) is 9.92. The van der Waals surface area contributed by atoms with Gasteiger partial charge in [-0.05, 0) is 53.9 Å². The van der Waals surface area contributed by atoms with E-state index in [2.05, 4.69) is 66.7 Å². The maximum absolute atomic E-state index is 6.26. The van der Waals surface area contributed by atoms with Gasteiger partial charge in [0.1, 0.15) is 22.3 Å². The lowest BCUT2D eigenvalue weighted by atomic mass is 10.0. The summed E-state index contributed by atoms with van der Waals surface area (Å²) in [6, 6.07) is 41.5. The molecule has 0 aliphatic rings. The SMILES string of the molecule is c1ccc2c(-c3ccc4c(c3)oc3ccccc34)nc(-c3ccc4c(ccc5c6ccccc6oc45)c3)nc2c1. The number of aromatic nitrogens is 2. The molecule has 3 aromatic heterocycles. The largest absolute Gasteiger partial charge is 0.456 e. The highest BCUT2D eigenvalue weighted by Crippen LogP contribution is 2.37. The Hall–Kier alpha value is -5.48. The molecule has 9 aromatic rings. The van der Waals surface area contributed by atoms with Gasteiger partial charge in [-0.1, -0.05) is 72.8 Å². The smallest absolute Gasteiger partial charge is 0.160 e. The summed E-state index contributed by atoms with van der Waals surface area (Å²) in [5, 5.41) is 7.65. The van der Waals surface area contributed by atoms with Gasteiger partial charge in [0.25, 0.3) is 0 Å². The zero-order chi connectivity index (χ0) is 26.2. The standard InChI is InChI=1S/C36H20N2O2/c1-4-10-30-29(9-1)34(22-14-17-27-25-7-2-5-11-31(25)39-33(27)20-22)38-36(37-30)23-15-16-24-21(19-23)13-18-28-26-8-3-6-12-32(26)40-35(24)28/h1-20H. The van der Waals surface area contributed by atoms with Crippen molar-refractivity contribution in [3.05, 3.63) is 121 Å². The predicted molar refractivity (Wildman–Crippen MR) is 162 cm³/mol. The second-order valence-corrected chi connectivity index (χ2v) is 10.2. The van der Waals surface area contributed by atoms with Crippen LogP contribution in [0.1, 0.15) is 0 Å². The normalized spacial score (nSPS) is 12.0. The molecular formula is C36H20N2O2. The molecule has 0 atom stereocenters. The Bertz CT molecular complexity index is 2450. The highest BCUT2D eigenvalue weighted by molar-refractivity contribution is 6.15. The Balaban J connectivity index is 1.24. The van der Waals surface area contributed by atoms with E-state index in [1.165, 1.54) is 0 Å². The molecule has 0 aliphatic heterocycles. The molecule has 4 nitrogen and oxygen atoms in total.